The van der Waals surface area contributed by atoms with Crippen LogP contribution in [0.2, 0.25) is 0 Å². The molecule has 2 rings (SSSR count). The van der Waals surface area contributed by atoms with Crippen LogP contribution in [0.1, 0.15) is 62.9 Å². The van der Waals surface area contributed by atoms with Gasteiger partial charge in [0.2, 0.25) is 5.95 Å². The van der Waals surface area contributed by atoms with Gasteiger partial charge in [-0.25, -0.2) is 9.97 Å². The van der Waals surface area contributed by atoms with Crippen molar-refractivity contribution in [1.29, 1.82) is 0 Å². The Morgan fingerprint density at radius 1 is 1.08 bits per heavy atom. The number of amides is 1. The van der Waals surface area contributed by atoms with Crippen molar-refractivity contribution in [1.82, 2.24) is 9.97 Å². The number of para-hydroxylation sites is 1. The zero-order chi connectivity index (χ0) is 18.3. The van der Waals surface area contributed by atoms with Gasteiger partial charge < -0.3 is 10.6 Å². The summed E-state index contributed by atoms with van der Waals surface area (Å²) in [7, 11) is 0. The Labute approximate surface area is 150 Å². The average Bonchev–Trinajstić information content (AvgIpc) is 2.59. The summed E-state index contributed by atoms with van der Waals surface area (Å²) in [5, 5.41) is 6.14. The van der Waals surface area contributed by atoms with Gasteiger partial charge in [-0.3, -0.25) is 4.79 Å². The van der Waals surface area contributed by atoms with Crippen molar-refractivity contribution in [2.24, 2.45) is 0 Å². The van der Waals surface area contributed by atoms with Gasteiger partial charge in [-0.1, -0.05) is 58.7 Å². The number of hydrogen-bond donors (Lipinski definition) is 2. The third-order valence-electron chi connectivity index (χ3n) is 3.96. The van der Waals surface area contributed by atoms with E-state index in [1.807, 2.05) is 24.3 Å². The Balaban J connectivity index is 2.02. The number of anilines is 2. The molecule has 1 heterocycles. The Kier molecular flexibility index (Phi) is 6.51. The minimum absolute atomic E-state index is 0.0490. The number of unbranched alkanes of at least 4 members (excludes halogenated alkanes) is 2. The van der Waals surface area contributed by atoms with Crippen LogP contribution < -0.4 is 10.6 Å². The molecule has 25 heavy (non-hydrogen) atoms. The second-order valence-corrected chi connectivity index (χ2v) is 7.18. The van der Waals surface area contributed by atoms with E-state index >= 15 is 0 Å². The van der Waals surface area contributed by atoms with E-state index < -0.39 is 0 Å². The third kappa shape index (κ3) is 5.55. The molecule has 0 aliphatic heterocycles. The number of carbonyl (C=O) groups excluding carboxylic acids is 1. The molecule has 1 aromatic carbocycles. The van der Waals surface area contributed by atoms with Crippen LogP contribution in [0.4, 0.5) is 11.6 Å². The quantitative estimate of drug-likeness (QED) is 0.721. The predicted octanol–water partition coefficient (Wildman–Crippen LogP) is 4.63. The predicted molar refractivity (Wildman–Crippen MR) is 103 cm³/mol. The fourth-order valence-electron chi connectivity index (χ4n) is 2.55. The molecule has 0 aliphatic carbocycles. The minimum atomic E-state index is -0.200. The third-order valence-corrected chi connectivity index (χ3v) is 3.96. The number of rotatable bonds is 7. The van der Waals surface area contributed by atoms with Gasteiger partial charge in [0.25, 0.3) is 5.91 Å². The lowest BCUT2D eigenvalue weighted by Gasteiger charge is -2.22. The molecule has 0 radical (unpaired) electrons. The van der Waals surface area contributed by atoms with Crippen molar-refractivity contribution in [3.63, 3.8) is 0 Å². The van der Waals surface area contributed by atoms with Crippen LogP contribution in [0.15, 0.2) is 36.7 Å². The van der Waals surface area contributed by atoms with Gasteiger partial charge in [-0.2, -0.15) is 0 Å². The molecule has 0 unspecified atom stereocenters. The van der Waals surface area contributed by atoms with E-state index in [0.29, 0.717) is 11.5 Å². The first kappa shape index (κ1) is 18.9. The number of nitrogens with one attached hydrogen (secondary N) is 2. The molecule has 0 spiro atoms. The highest BCUT2D eigenvalue weighted by Crippen LogP contribution is 2.29. The van der Waals surface area contributed by atoms with E-state index in [9.17, 15) is 4.79 Å². The maximum absolute atomic E-state index is 12.5. The van der Waals surface area contributed by atoms with Crippen LogP contribution in [0, 0.1) is 0 Å². The maximum atomic E-state index is 12.5. The Morgan fingerprint density at radius 3 is 2.40 bits per heavy atom. The van der Waals surface area contributed by atoms with Gasteiger partial charge in [0.05, 0.1) is 5.56 Å². The lowest BCUT2D eigenvalue weighted by Crippen LogP contribution is -2.19. The second-order valence-electron chi connectivity index (χ2n) is 7.18. The van der Waals surface area contributed by atoms with E-state index in [1.165, 1.54) is 12.8 Å². The lowest BCUT2D eigenvalue weighted by molar-refractivity contribution is 0.102. The van der Waals surface area contributed by atoms with E-state index in [0.717, 1.165) is 24.2 Å². The molecule has 2 N–H and O–H groups in total. The second kappa shape index (κ2) is 8.60. The summed E-state index contributed by atoms with van der Waals surface area (Å²) >= 11 is 0. The summed E-state index contributed by atoms with van der Waals surface area (Å²) in [5.41, 5.74) is 2.31. The fraction of sp³-hybridized carbons (Fsp3) is 0.450. The fourth-order valence-corrected chi connectivity index (χ4v) is 2.55. The van der Waals surface area contributed by atoms with Gasteiger partial charge in [0.15, 0.2) is 0 Å². The summed E-state index contributed by atoms with van der Waals surface area (Å²) in [6.45, 7) is 9.39. The average molecular weight is 340 g/mol. The zero-order valence-electron chi connectivity index (χ0n) is 15.6. The number of aromatic nitrogens is 2. The number of benzene rings is 1. The van der Waals surface area contributed by atoms with E-state index in [1.54, 1.807) is 12.4 Å². The SMILES string of the molecule is CCCCCNc1ncc(C(=O)Nc2ccccc2C(C)(C)C)cn1. The molecule has 134 valence electrons. The molecule has 5 heteroatoms. The normalized spacial score (nSPS) is 11.2. The molecule has 0 aliphatic rings. The number of carbonyl (C=O) groups is 1. The van der Waals surface area contributed by atoms with Crippen LogP contribution in [-0.4, -0.2) is 22.4 Å². The minimum Gasteiger partial charge on any atom is -0.354 e. The molecule has 0 fully saturated rings. The zero-order valence-corrected chi connectivity index (χ0v) is 15.6. The molecular weight excluding hydrogens is 312 g/mol. The first-order chi connectivity index (χ1) is 11.9. The van der Waals surface area contributed by atoms with Crippen LogP contribution in [0.25, 0.3) is 0 Å². The highest BCUT2D eigenvalue weighted by atomic mass is 16.1. The topological polar surface area (TPSA) is 66.9 Å². The van der Waals surface area contributed by atoms with Gasteiger partial charge >= 0.3 is 0 Å². The molecular formula is C20H28N4O. The van der Waals surface area contributed by atoms with Crippen LogP contribution in [0.5, 0.6) is 0 Å². The summed E-state index contributed by atoms with van der Waals surface area (Å²) in [5.74, 6) is 0.358. The molecule has 0 saturated heterocycles. The van der Waals surface area contributed by atoms with Gasteiger partial charge in [-0.15, -0.1) is 0 Å². The first-order valence-corrected chi connectivity index (χ1v) is 8.88. The number of nitrogens with zero attached hydrogens (tertiary/aromatic N) is 2. The Bertz CT molecular complexity index is 690. The largest absolute Gasteiger partial charge is 0.354 e. The van der Waals surface area contributed by atoms with Crippen molar-refractivity contribution in [3.8, 4) is 0 Å². The Hall–Kier alpha value is -2.43. The lowest BCUT2D eigenvalue weighted by atomic mass is 9.86. The first-order valence-electron chi connectivity index (χ1n) is 8.88. The highest BCUT2D eigenvalue weighted by Gasteiger charge is 2.19. The maximum Gasteiger partial charge on any atom is 0.258 e. The molecule has 0 bridgehead atoms. The van der Waals surface area contributed by atoms with E-state index in [-0.39, 0.29) is 11.3 Å². The van der Waals surface area contributed by atoms with Gasteiger partial charge in [0.1, 0.15) is 0 Å². The molecule has 5 nitrogen and oxygen atoms in total. The standard InChI is InChI=1S/C20H28N4O/c1-5-6-9-12-21-19-22-13-15(14-23-19)18(25)24-17-11-8-7-10-16(17)20(2,3)4/h7-8,10-11,13-14H,5-6,9,12H2,1-4H3,(H,24,25)(H,21,22,23). The molecule has 1 aromatic heterocycles. The van der Waals surface area contributed by atoms with E-state index in [4.69, 9.17) is 0 Å². The van der Waals surface area contributed by atoms with Crippen LogP contribution >= 0.6 is 0 Å². The molecule has 2 aromatic rings. The van der Waals surface area contributed by atoms with Gasteiger partial charge in [0, 0.05) is 24.6 Å². The Morgan fingerprint density at radius 2 is 1.76 bits per heavy atom. The summed E-state index contributed by atoms with van der Waals surface area (Å²) < 4.78 is 0. The van der Waals surface area contributed by atoms with Crippen molar-refractivity contribution >= 4 is 17.5 Å². The van der Waals surface area contributed by atoms with Crippen molar-refractivity contribution in [2.45, 2.75) is 52.4 Å². The highest BCUT2D eigenvalue weighted by molar-refractivity contribution is 6.04. The smallest absolute Gasteiger partial charge is 0.258 e. The van der Waals surface area contributed by atoms with E-state index in [2.05, 4.69) is 48.3 Å². The van der Waals surface area contributed by atoms with Crippen molar-refractivity contribution in [3.05, 3.63) is 47.8 Å². The molecule has 0 atom stereocenters. The summed E-state index contributed by atoms with van der Waals surface area (Å²) in [6.07, 6.45) is 6.57. The molecule has 1 amide bonds. The van der Waals surface area contributed by atoms with Crippen molar-refractivity contribution < 1.29 is 4.79 Å². The number of hydrogen-bond acceptors (Lipinski definition) is 4. The van der Waals surface area contributed by atoms with Gasteiger partial charge in [-0.05, 0) is 23.5 Å². The van der Waals surface area contributed by atoms with Crippen LogP contribution in [0.3, 0.4) is 0 Å². The van der Waals surface area contributed by atoms with Crippen molar-refractivity contribution in [2.75, 3.05) is 17.2 Å². The van der Waals surface area contributed by atoms with Crippen LogP contribution in [-0.2, 0) is 5.41 Å². The summed E-state index contributed by atoms with van der Waals surface area (Å²) in [6, 6.07) is 7.86. The molecule has 0 saturated carbocycles. The monoisotopic (exact) mass is 340 g/mol. The summed E-state index contributed by atoms with van der Waals surface area (Å²) in [4.78, 5) is 20.9.